The van der Waals surface area contributed by atoms with Crippen molar-refractivity contribution >= 4 is 17.8 Å². The number of nitrogens with one attached hydrogen (secondary N) is 1. The van der Waals surface area contributed by atoms with Gasteiger partial charge in [-0.25, -0.2) is 9.59 Å². The Labute approximate surface area is 165 Å². The van der Waals surface area contributed by atoms with Gasteiger partial charge in [0, 0.05) is 13.0 Å². The highest BCUT2D eigenvalue weighted by Crippen LogP contribution is 2.20. The second-order valence-corrected chi connectivity index (χ2v) is 5.75. The van der Waals surface area contributed by atoms with E-state index in [4.69, 9.17) is 20.4 Å². The molecular formula is C18H25F3N2O6. The molecule has 0 aliphatic rings. The molecular weight excluding hydrogens is 397 g/mol. The fraction of sp³-hybridized carbons (Fsp3) is 0.500. The number of hydrogen-bond acceptors (Lipinski definition) is 6. The largest absolute Gasteiger partial charge is 0.507 e. The maximum atomic E-state index is 11.6. The Bertz CT molecular complexity index is 680. The molecule has 1 aromatic rings. The number of phenolic OH excluding ortho intramolecular Hbond substituents is 1. The monoisotopic (exact) mass is 422 g/mol. The predicted octanol–water partition coefficient (Wildman–Crippen LogP) is 2.34. The van der Waals surface area contributed by atoms with Crippen LogP contribution in [-0.2, 0) is 20.9 Å². The van der Waals surface area contributed by atoms with Gasteiger partial charge >= 0.3 is 18.1 Å². The Kier molecular flexibility index (Phi) is 12.1. The van der Waals surface area contributed by atoms with Crippen LogP contribution in [0.25, 0.3) is 0 Å². The molecule has 0 atom stereocenters. The summed E-state index contributed by atoms with van der Waals surface area (Å²) >= 11 is 0. The summed E-state index contributed by atoms with van der Waals surface area (Å²) in [6, 6.07) is 4.64. The summed E-state index contributed by atoms with van der Waals surface area (Å²) in [7, 11) is 0. The Morgan fingerprint density at radius 3 is 2.28 bits per heavy atom. The summed E-state index contributed by atoms with van der Waals surface area (Å²) in [5.74, 6) is -3.50. The van der Waals surface area contributed by atoms with Crippen molar-refractivity contribution in [2.75, 3.05) is 13.2 Å². The van der Waals surface area contributed by atoms with Gasteiger partial charge in [0.05, 0.1) is 6.61 Å². The van der Waals surface area contributed by atoms with E-state index in [-0.39, 0.29) is 23.8 Å². The van der Waals surface area contributed by atoms with E-state index < -0.39 is 18.1 Å². The Hall–Kier alpha value is -2.82. The van der Waals surface area contributed by atoms with Crippen LogP contribution in [0.4, 0.5) is 13.2 Å². The number of carboxylic acid groups (broad SMARTS) is 1. The number of unbranched alkanes of at least 4 members (excludes halogenated alkanes) is 2. The third kappa shape index (κ3) is 11.6. The number of phenols is 1. The van der Waals surface area contributed by atoms with E-state index in [0.717, 1.165) is 24.8 Å². The van der Waals surface area contributed by atoms with Crippen molar-refractivity contribution < 1.29 is 42.5 Å². The molecule has 0 aliphatic carbocycles. The normalized spacial score (nSPS) is 10.5. The molecule has 0 aromatic heterocycles. The summed E-state index contributed by atoms with van der Waals surface area (Å²) in [4.78, 5) is 32.1. The second-order valence-electron chi connectivity index (χ2n) is 5.75. The number of halogens is 3. The van der Waals surface area contributed by atoms with Crippen LogP contribution in [0.5, 0.6) is 5.75 Å². The number of carbonyl (C=O) groups is 3. The van der Waals surface area contributed by atoms with E-state index in [0.29, 0.717) is 19.5 Å². The van der Waals surface area contributed by atoms with Gasteiger partial charge in [0.1, 0.15) is 11.3 Å². The molecule has 0 spiro atoms. The molecule has 0 unspecified atom stereocenters. The molecule has 11 heteroatoms. The number of amides is 1. The van der Waals surface area contributed by atoms with Crippen LogP contribution in [0.3, 0.4) is 0 Å². The maximum absolute atomic E-state index is 11.6. The van der Waals surface area contributed by atoms with E-state index in [1.807, 2.05) is 0 Å². The van der Waals surface area contributed by atoms with Crippen molar-refractivity contribution in [3.63, 3.8) is 0 Å². The van der Waals surface area contributed by atoms with Crippen LogP contribution in [0.15, 0.2) is 18.2 Å². The first-order valence-electron chi connectivity index (χ1n) is 8.78. The van der Waals surface area contributed by atoms with E-state index in [2.05, 4.69) is 5.32 Å². The van der Waals surface area contributed by atoms with Crippen molar-refractivity contribution in [1.29, 1.82) is 0 Å². The number of benzene rings is 1. The average Bonchev–Trinajstić information content (AvgIpc) is 2.63. The van der Waals surface area contributed by atoms with Crippen molar-refractivity contribution in [2.45, 2.75) is 45.3 Å². The quantitative estimate of drug-likeness (QED) is 0.354. The van der Waals surface area contributed by atoms with Gasteiger partial charge in [0.25, 0.3) is 0 Å². The number of esters is 1. The minimum atomic E-state index is -5.08. The number of ether oxygens (including phenoxy) is 1. The van der Waals surface area contributed by atoms with E-state index >= 15 is 0 Å². The zero-order valence-electron chi connectivity index (χ0n) is 15.9. The van der Waals surface area contributed by atoms with Crippen molar-refractivity contribution in [2.24, 2.45) is 5.73 Å². The first kappa shape index (κ1) is 26.2. The van der Waals surface area contributed by atoms with E-state index in [9.17, 15) is 27.9 Å². The minimum absolute atomic E-state index is 0.0361. The average molecular weight is 422 g/mol. The van der Waals surface area contributed by atoms with Gasteiger partial charge in [-0.15, -0.1) is 0 Å². The molecule has 1 rings (SSSR count). The van der Waals surface area contributed by atoms with Crippen LogP contribution >= 0.6 is 0 Å². The lowest BCUT2D eigenvalue weighted by Crippen LogP contribution is -2.22. The van der Waals surface area contributed by atoms with E-state index in [1.165, 1.54) is 12.1 Å². The Morgan fingerprint density at radius 2 is 1.79 bits per heavy atom. The lowest BCUT2D eigenvalue weighted by Gasteiger charge is -2.08. The van der Waals surface area contributed by atoms with Gasteiger partial charge in [0.15, 0.2) is 0 Å². The first-order valence-corrected chi connectivity index (χ1v) is 8.78. The number of aromatic hydroxyl groups is 1. The number of alkyl halides is 3. The third-order valence-electron chi connectivity index (χ3n) is 3.40. The van der Waals surface area contributed by atoms with Crippen LogP contribution in [0.1, 0.15) is 48.5 Å². The molecule has 0 saturated heterocycles. The molecule has 164 valence electrons. The molecule has 0 bridgehead atoms. The standard InChI is InChI=1S/C16H24N2O4.C2HF3O2/c1-2-22-16(21)13-8-7-12(10-14(13)19)11-18-15(20)6-4-3-5-9-17;3-2(4,5)1(6)7/h7-8,10,19H,2-6,9,11,17H2,1H3,(H,18,20);(H,6,7). The van der Waals surface area contributed by atoms with Gasteiger partial charge in [-0.1, -0.05) is 12.5 Å². The van der Waals surface area contributed by atoms with Crippen LogP contribution in [0.2, 0.25) is 0 Å². The Balaban J connectivity index is 0.000000956. The number of carbonyl (C=O) groups excluding carboxylic acids is 2. The molecule has 1 aromatic carbocycles. The van der Waals surface area contributed by atoms with Crippen LogP contribution in [0, 0.1) is 0 Å². The lowest BCUT2D eigenvalue weighted by atomic mass is 10.1. The molecule has 0 radical (unpaired) electrons. The Morgan fingerprint density at radius 1 is 1.17 bits per heavy atom. The number of nitrogens with two attached hydrogens (primary N) is 1. The summed E-state index contributed by atoms with van der Waals surface area (Å²) < 4.78 is 36.6. The molecule has 0 heterocycles. The van der Waals surface area contributed by atoms with Gasteiger partial charge in [-0.2, -0.15) is 13.2 Å². The number of aliphatic carboxylic acids is 1. The molecule has 0 saturated carbocycles. The van der Waals surface area contributed by atoms with Gasteiger partial charge < -0.3 is 26.0 Å². The molecule has 5 N–H and O–H groups in total. The number of carboxylic acids is 1. The summed E-state index contributed by atoms with van der Waals surface area (Å²) in [5.41, 5.74) is 6.24. The van der Waals surface area contributed by atoms with Crippen molar-refractivity contribution in [1.82, 2.24) is 5.32 Å². The zero-order chi connectivity index (χ0) is 22.4. The number of rotatable bonds is 9. The highest BCUT2D eigenvalue weighted by Gasteiger charge is 2.38. The van der Waals surface area contributed by atoms with Crippen molar-refractivity contribution in [3.8, 4) is 5.75 Å². The highest BCUT2D eigenvalue weighted by molar-refractivity contribution is 5.92. The SMILES string of the molecule is CCOC(=O)c1ccc(CNC(=O)CCCCCN)cc1O.O=C(O)C(F)(F)F. The van der Waals surface area contributed by atoms with Gasteiger partial charge in [-0.05, 0) is 44.0 Å². The lowest BCUT2D eigenvalue weighted by molar-refractivity contribution is -0.192. The first-order chi connectivity index (χ1) is 13.5. The highest BCUT2D eigenvalue weighted by atomic mass is 19.4. The molecule has 29 heavy (non-hydrogen) atoms. The molecule has 0 fully saturated rings. The van der Waals surface area contributed by atoms with Gasteiger partial charge in [-0.3, -0.25) is 4.79 Å². The second kappa shape index (κ2) is 13.4. The summed E-state index contributed by atoms with van der Waals surface area (Å²) in [6.45, 7) is 2.91. The maximum Gasteiger partial charge on any atom is 0.490 e. The van der Waals surface area contributed by atoms with Gasteiger partial charge in [0.2, 0.25) is 5.91 Å². The smallest absolute Gasteiger partial charge is 0.490 e. The third-order valence-corrected chi connectivity index (χ3v) is 3.40. The fourth-order valence-corrected chi connectivity index (χ4v) is 1.96. The number of hydrogen-bond donors (Lipinski definition) is 4. The zero-order valence-corrected chi connectivity index (χ0v) is 15.9. The minimum Gasteiger partial charge on any atom is -0.507 e. The summed E-state index contributed by atoms with van der Waals surface area (Å²) in [5, 5.41) is 19.7. The fourth-order valence-electron chi connectivity index (χ4n) is 1.96. The van der Waals surface area contributed by atoms with Crippen molar-refractivity contribution in [3.05, 3.63) is 29.3 Å². The predicted molar refractivity (Wildman–Crippen MR) is 97.1 cm³/mol. The van der Waals surface area contributed by atoms with Crippen LogP contribution in [-0.4, -0.2) is 47.4 Å². The molecule has 8 nitrogen and oxygen atoms in total. The topological polar surface area (TPSA) is 139 Å². The summed E-state index contributed by atoms with van der Waals surface area (Å²) in [6.07, 6.45) is -1.93. The van der Waals surface area contributed by atoms with E-state index in [1.54, 1.807) is 13.0 Å². The molecule has 1 amide bonds. The molecule has 0 aliphatic heterocycles. The van der Waals surface area contributed by atoms with Crippen LogP contribution < -0.4 is 11.1 Å².